The van der Waals surface area contributed by atoms with Crippen molar-refractivity contribution in [2.24, 2.45) is 0 Å². The Bertz CT molecular complexity index is 717. The fraction of sp³-hybridized carbons (Fsp3) is 0.125. The van der Waals surface area contributed by atoms with Gasteiger partial charge in [-0.2, -0.15) is 5.26 Å². The predicted octanol–water partition coefficient (Wildman–Crippen LogP) is 3.57. The molecule has 2 rings (SSSR count). The highest BCUT2D eigenvalue weighted by molar-refractivity contribution is 6.04. The van der Waals surface area contributed by atoms with E-state index >= 15 is 0 Å². The molecule has 100 valence electrons. The first-order chi connectivity index (χ1) is 9.51. The molecule has 0 aliphatic heterocycles. The molecular weight excluding hydrogens is 255 g/mol. The van der Waals surface area contributed by atoms with Crippen molar-refractivity contribution in [2.45, 2.75) is 13.8 Å². The molecule has 0 bridgehead atoms. The molecule has 0 saturated heterocycles. The Labute approximate surface area is 116 Å². The van der Waals surface area contributed by atoms with E-state index < -0.39 is 0 Å². The molecule has 0 aromatic heterocycles. The van der Waals surface area contributed by atoms with Crippen LogP contribution in [0.5, 0.6) is 0 Å². The van der Waals surface area contributed by atoms with Crippen LogP contribution in [0.2, 0.25) is 0 Å². The van der Waals surface area contributed by atoms with Gasteiger partial charge in [-0.15, -0.1) is 0 Å². The topological polar surface area (TPSA) is 52.9 Å². The first-order valence-corrected chi connectivity index (χ1v) is 6.09. The van der Waals surface area contributed by atoms with Crippen molar-refractivity contribution in [2.75, 3.05) is 5.32 Å². The number of hydrogen-bond acceptors (Lipinski definition) is 2. The minimum atomic E-state index is -0.343. The third-order valence-corrected chi connectivity index (χ3v) is 3.04. The van der Waals surface area contributed by atoms with Crippen LogP contribution in [0.15, 0.2) is 36.4 Å². The van der Waals surface area contributed by atoms with E-state index in [-0.39, 0.29) is 11.7 Å². The average Bonchev–Trinajstić information content (AvgIpc) is 2.44. The molecule has 20 heavy (non-hydrogen) atoms. The number of carbonyl (C=O) groups is 1. The van der Waals surface area contributed by atoms with Gasteiger partial charge in [0.2, 0.25) is 0 Å². The van der Waals surface area contributed by atoms with Crippen LogP contribution in [0.1, 0.15) is 27.0 Å². The van der Waals surface area contributed by atoms with Gasteiger partial charge in [-0.25, -0.2) is 4.39 Å². The molecule has 0 unspecified atom stereocenters. The van der Waals surface area contributed by atoms with Crippen LogP contribution >= 0.6 is 0 Å². The number of aryl methyl sites for hydroxylation is 2. The molecule has 0 aliphatic carbocycles. The molecule has 0 saturated carbocycles. The molecule has 0 fully saturated rings. The lowest BCUT2D eigenvalue weighted by Gasteiger charge is -2.09. The van der Waals surface area contributed by atoms with Crippen molar-refractivity contribution in [3.8, 4) is 6.07 Å². The van der Waals surface area contributed by atoms with Gasteiger partial charge in [0.25, 0.3) is 5.91 Å². The van der Waals surface area contributed by atoms with E-state index in [1.807, 2.05) is 13.0 Å². The maximum Gasteiger partial charge on any atom is 0.255 e. The van der Waals surface area contributed by atoms with E-state index in [4.69, 9.17) is 5.26 Å². The Kier molecular flexibility index (Phi) is 3.81. The van der Waals surface area contributed by atoms with Crippen LogP contribution in [0.4, 0.5) is 10.1 Å². The molecule has 0 atom stereocenters. The van der Waals surface area contributed by atoms with Gasteiger partial charge in [-0.3, -0.25) is 4.79 Å². The summed E-state index contributed by atoms with van der Waals surface area (Å²) in [6.45, 7) is 3.44. The summed E-state index contributed by atoms with van der Waals surface area (Å²) in [6, 6.07) is 11.3. The van der Waals surface area contributed by atoms with Crippen LogP contribution in [0.3, 0.4) is 0 Å². The summed E-state index contributed by atoms with van der Waals surface area (Å²) in [6.07, 6.45) is 0. The van der Waals surface area contributed by atoms with E-state index in [1.54, 1.807) is 25.1 Å². The number of halogens is 1. The maximum atomic E-state index is 13.2. The molecule has 4 heteroatoms. The number of nitriles is 1. The second-order valence-corrected chi connectivity index (χ2v) is 4.56. The van der Waals surface area contributed by atoms with E-state index in [0.717, 1.165) is 5.56 Å². The van der Waals surface area contributed by atoms with Crippen molar-refractivity contribution in [3.63, 3.8) is 0 Å². The molecule has 0 spiro atoms. The number of benzene rings is 2. The van der Waals surface area contributed by atoms with Crippen LogP contribution < -0.4 is 5.32 Å². The Morgan fingerprint density at radius 1 is 1.15 bits per heavy atom. The van der Waals surface area contributed by atoms with E-state index in [0.29, 0.717) is 22.4 Å². The standard InChI is InChI=1S/C16H13FN2O/c1-10-3-4-12(9-18)8-15(10)19-16(20)13-5-6-14(17)11(2)7-13/h3-8H,1-2H3,(H,19,20). The Morgan fingerprint density at radius 2 is 1.90 bits per heavy atom. The third-order valence-electron chi connectivity index (χ3n) is 3.04. The summed E-state index contributed by atoms with van der Waals surface area (Å²) in [5, 5.41) is 11.6. The van der Waals surface area contributed by atoms with E-state index in [1.165, 1.54) is 18.2 Å². The van der Waals surface area contributed by atoms with Crippen LogP contribution in [0, 0.1) is 31.0 Å². The van der Waals surface area contributed by atoms with Gasteiger partial charge in [0.05, 0.1) is 11.6 Å². The number of nitrogens with one attached hydrogen (secondary N) is 1. The molecule has 2 aromatic rings. The Balaban J connectivity index is 2.28. The number of rotatable bonds is 2. The summed E-state index contributed by atoms with van der Waals surface area (Å²) in [5.41, 5.74) is 2.71. The highest BCUT2D eigenvalue weighted by Crippen LogP contribution is 2.18. The maximum absolute atomic E-state index is 13.2. The number of carbonyl (C=O) groups excluding carboxylic acids is 1. The van der Waals surface area contributed by atoms with Crippen molar-refractivity contribution in [1.82, 2.24) is 0 Å². The van der Waals surface area contributed by atoms with Gasteiger partial charge in [0.1, 0.15) is 5.82 Å². The third kappa shape index (κ3) is 2.83. The van der Waals surface area contributed by atoms with E-state index in [9.17, 15) is 9.18 Å². The molecule has 1 N–H and O–H groups in total. The van der Waals surface area contributed by atoms with Crippen LogP contribution in [-0.4, -0.2) is 5.91 Å². The van der Waals surface area contributed by atoms with Crippen LogP contribution in [-0.2, 0) is 0 Å². The van der Waals surface area contributed by atoms with Gasteiger partial charge in [0, 0.05) is 11.3 Å². The summed E-state index contributed by atoms with van der Waals surface area (Å²) in [5.74, 6) is -0.671. The molecular formula is C16H13FN2O. The zero-order valence-electron chi connectivity index (χ0n) is 11.2. The normalized spacial score (nSPS) is 9.90. The summed E-state index contributed by atoms with van der Waals surface area (Å²) in [7, 11) is 0. The van der Waals surface area contributed by atoms with Gasteiger partial charge >= 0.3 is 0 Å². The second kappa shape index (κ2) is 5.54. The summed E-state index contributed by atoms with van der Waals surface area (Å²) in [4.78, 5) is 12.1. The summed E-state index contributed by atoms with van der Waals surface area (Å²) < 4.78 is 13.2. The lowest BCUT2D eigenvalue weighted by Crippen LogP contribution is -2.13. The highest BCUT2D eigenvalue weighted by atomic mass is 19.1. The van der Waals surface area contributed by atoms with Crippen molar-refractivity contribution in [1.29, 1.82) is 5.26 Å². The molecule has 0 aliphatic rings. The average molecular weight is 268 g/mol. The van der Waals surface area contributed by atoms with Crippen LogP contribution in [0.25, 0.3) is 0 Å². The molecule has 2 aromatic carbocycles. The molecule has 3 nitrogen and oxygen atoms in total. The van der Waals surface area contributed by atoms with Gasteiger partial charge < -0.3 is 5.32 Å². The van der Waals surface area contributed by atoms with Gasteiger partial charge in [-0.05, 0) is 55.3 Å². The first kappa shape index (κ1) is 13.8. The monoisotopic (exact) mass is 268 g/mol. The largest absolute Gasteiger partial charge is 0.322 e. The van der Waals surface area contributed by atoms with Gasteiger partial charge in [0.15, 0.2) is 0 Å². The Morgan fingerprint density at radius 3 is 2.55 bits per heavy atom. The quantitative estimate of drug-likeness (QED) is 0.905. The van der Waals surface area contributed by atoms with Gasteiger partial charge in [-0.1, -0.05) is 6.07 Å². The Hall–Kier alpha value is -2.67. The number of nitrogens with zero attached hydrogens (tertiary/aromatic N) is 1. The number of anilines is 1. The second-order valence-electron chi connectivity index (χ2n) is 4.56. The van der Waals surface area contributed by atoms with E-state index in [2.05, 4.69) is 5.32 Å². The fourth-order valence-corrected chi connectivity index (χ4v) is 1.81. The smallest absolute Gasteiger partial charge is 0.255 e. The highest BCUT2D eigenvalue weighted by Gasteiger charge is 2.10. The fourth-order valence-electron chi connectivity index (χ4n) is 1.81. The molecule has 0 heterocycles. The molecule has 1 amide bonds. The summed E-state index contributed by atoms with van der Waals surface area (Å²) >= 11 is 0. The first-order valence-electron chi connectivity index (χ1n) is 6.09. The van der Waals surface area contributed by atoms with Crippen molar-refractivity contribution in [3.05, 3.63) is 64.5 Å². The lowest BCUT2D eigenvalue weighted by atomic mass is 10.1. The van der Waals surface area contributed by atoms with Crippen molar-refractivity contribution >= 4 is 11.6 Å². The number of hydrogen-bond donors (Lipinski definition) is 1. The van der Waals surface area contributed by atoms with Crippen molar-refractivity contribution < 1.29 is 9.18 Å². The lowest BCUT2D eigenvalue weighted by molar-refractivity contribution is 0.102. The predicted molar refractivity (Wildman–Crippen MR) is 75.0 cm³/mol. The zero-order valence-corrected chi connectivity index (χ0v) is 11.2. The number of amides is 1. The zero-order chi connectivity index (χ0) is 14.7. The minimum absolute atomic E-state index is 0.328. The SMILES string of the molecule is Cc1cc(C(=O)Nc2cc(C#N)ccc2C)ccc1F. The minimum Gasteiger partial charge on any atom is -0.322 e. The molecule has 0 radical (unpaired) electrons.